The SMILES string of the molecule is Cc1[nH]cnc1CNCC(=O)N1CCN(C(=O)OC(C)(C)C)CC1. The third kappa shape index (κ3) is 5.23. The van der Waals surface area contributed by atoms with Gasteiger partial charge in [-0.15, -0.1) is 0 Å². The van der Waals surface area contributed by atoms with Crippen LogP contribution >= 0.6 is 0 Å². The molecule has 1 fully saturated rings. The number of imidazole rings is 1. The van der Waals surface area contributed by atoms with Crippen LogP contribution in [0.4, 0.5) is 4.79 Å². The summed E-state index contributed by atoms with van der Waals surface area (Å²) in [5.41, 5.74) is 1.41. The number of piperazine rings is 1. The van der Waals surface area contributed by atoms with E-state index in [0.717, 1.165) is 11.4 Å². The molecule has 24 heavy (non-hydrogen) atoms. The van der Waals surface area contributed by atoms with Gasteiger partial charge in [-0.1, -0.05) is 0 Å². The first kappa shape index (κ1) is 18.3. The van der Waals surface area contributed by atoms with Gasteiger partial charge < -0.3 is 24.8 Å². The quantitative estimate of drug-likeness (QED) is 0.851. The Kier molecular flexibility index (Phi) is 5.82. The minimum absolute atomic E-state index is 0.0343. The van der Waals surface area contributed by atoms with Crippen LogP contribution in [0.5, 0.6) is 0 Å². The lowest BCUT2D eigenvalue weighted by Crippen LogP contribution is -2.53. The van der Waals surface area contributed by atoms with Gasteiger partial charge in [0.2, 0.25) is 5.91 Å². The standard InChI is InChI=1S/C16H27N5O3/c1-12-13(19-11-18-12)9-17-10-14(22)20-5-7-21(8-6-20)15(23)24-16(2,3)4/h11,17H,5-10H2,1-4H3,(H,18,19). The fourth-order valence-corrected chi connectivity index (χ4v) is 2.43. The third-order valence-corrected chi connectivity index (χ3v) is 3.79. The Bertz CT molecular complexity index is 571. The maximum absolute atomic E-state index is 12.2. The van der Waals surface area contributed by atoms with Crippen LogP contribution in [-0.2, 0) is 16.1 Å². The Labute approximate surface area is 142 Å². The van der Waals surface area contributed by atoms with E-state index in [1.54, 1.807) is 16.1 Å². The molecule has 0 aliphatic carbocycles. The molecule has 1 aromatic rings. The van der Waals surface area contributed by atoms with Crippen molar-refractivity contribution in [2.24, 2.45) is 0 Å². The zero-order chi connectivity index (χ0) is 17.7. The Hall–Kier alpha value is -2.09. The van der Waals surface area contributed by atoms with Crippen LogP contribution in [-0.4, -0.2) is 70.1 Å². The zero-order valence-corrected chi connectivity index (χ0v) is 14.9. The van der Waals surface area contributed by atoms with Gasteiger partial charge in [0, 0.05) is 38.4 Å². The molecule has 1 aliphatic rings. The van der Waals surface area contributed by atoms with Gasteiger partial charge in [-0.2, -0.15) is 0 Å². The maximum Gasteiger partial charge on any atom is 0.410 e. The molecule has 8 nitrogen and oxygen atoms in total. The topological polar surface area (TPSA) is 90.6 Å². The molecule has 0 atom stereocenters. The van der Waals surface area contributed by atoms with E-state index in [2.05, 4.69) is 15.3 Å². The summed E-state index contributed by atoms with van der Waals surface area (Å²) in [6.45, 7) is 10.4. The molecule has 0 bridgehead atoms. The third-order valence-electron chi connectivity index (χ3n) is 3.79. The van der Waals surface area contributed by atoms with Crippen molar-refractivity contribution < 1.29 is 14.3 Å². The maximum atomic E-state index is 12.2. The average molecular weight is 337 g/mol. The predicted octanol–water partition coefficient (Wildman–Crippen LogP) is 0.887. The van der Waals surface area contributed by atoms with E-state index in [1.165, 1.54) is 0 Å². The molecule has 0 spiro atoms. The van der Waals surface area contributed by atoms with Crippen molar-refractivity contribution in [1.29, 1.82) is 0 Å². The van der Waals surface area contributed by atoms with E-state index < -0.39 is 5.60 Å². The summed E-state index contributed by atoms with van der Waals surface area (Å²) >= 11 is 0. The number of aromatic nitrogens is 2. The predicted molar refractivity (Wildman–Crippen MR) is 89.4 cm³/mol. The Balaban J connectivity index is 1.70. The van der Waals surface area contributed by atoms with Gasteiger partial charge in [0.05, 0.1) is 18.6 Å². The number of rotatable bonds is 4. The van der Waals surface area contributed by atoms with Crippen LogP contribution in [0.2, 0.25) is 0 Å². The van der Waals surface area contributed by atoms with E-state index in [4.69, 9.17) is 4.74 Å². The molecular formula is C16H27N5O3. The number of aromatic amines is 1. The number of carbonyl (C=O) groups is 2. The minimum atomic E-state index is -0.502. The molecule has 0 saturated carbocycles. The molecule has 8 heteroatoms. The van der Waals surface area contributed by atoms with E-state index in [0.29, 0.717) is 32.7 Å². The molecule has 0 radical (unpaired) electrons. The van der Waals surface area contributed by atoms with Gasteiger partial charge >= 0.3 is 6.09 Å². The molecule has 134 valence electrons. The van der Waals surface area contributed by atoms with Crippen LogP contribution in [0.3, 0.4) is 0 Å². The Morgan fingerprint density at radius 2 is 1.88 bits per heavy atom. The van der Waals surface area contributed by atoms with Crippen molar-refractivity contribution in [3.05, 3.63) is 17.7 Å². The molecule has 1 saturated heterocycles. The summed E-state index contributed by atoms with van der Waals surface area (Å²) in [5.74, 6) is 0.0343. The van der Waals surface area contributed by atoms with Crippen LogP contribution in [0.25, 0.3) is 0 Å². The fraction of sp³-hybridized carbons (Fsp3) is 0.688. The van der Waals surface area contributed by atoms with Crippen LogP contribution in [0.1, 0.15) is 32.2 Å². The molecule has 0 aromatic carbocycles. The van der Waals surface area contributed by atoms with Crippen molar-refractivity contribution in [3.63, 3.8) is 0 Å². The summed E-state index contributed by atoms with van der Waals surface area (Å²) in [7, 11) is 0. The Morgan fingerprint density at radius 1 is 1.25 bits per heavy atom. The highest BCUT2D eigenvalue weighted by Gasteiger charge is 2.27. The highest BCUT2D eigenvalue weighted by atomic mass is 16.6. The van der Waals surface area contributed by atoms with Gasteiger partial charge in [0.1, 0.15) is 5.60 Å². The van der Waals surface area contributed by atoms with Crippen molar-refractivity contribution in [1.82, 2.24) is 25.1 Å². The number of H-pyrrole nitrogens is 1. The molecule has 2 rings (SSSR count). The number of nitrogens with one attached hydrogen (secondary N) is 2. The molecule has 0 unspecified atom stereocenters. The number of nitrogens with zero attached hydrogens (tertiary/aromatic N) is 3. The monoisotopic (exact) mass is 337 g/mol. The lowest BCUT2D eigenvalue weighted by molar-refractivity contribution is -0.132. The van der Waals surface area contributed by atoms with Crippen molar-refractivity contribution >= 4 is 12.0 Å². The molecule has 1 aliphatic heterocycles. The number of carbonyl (C=O) groups excluding carboxylic acids is 2. The fourth-order valence-electron chi connectivity index (χ4n) is 2.43. The van der Waals surface area contributed by atoms with E-state index in [-0.39, 0.29) is 18.5 Å². The van der Waals surface area contributed by atoms with Crippen LogP contribution in [0.15, 0.2) is 6.33 Å². The summed E-state index contributed by atoms with van der Waals surface area (Å²) in [6.07, 6.45) is 1.33. The summed E-state index contributed by atoms with van der Waals surface area (Å²) in [5, 5.41) is 3.11. The van der Waals surface area contributed by atoms with Crippen molar-refractivity contribution in [2.75, 3.05) is 32.7 Å². The molecule has 2 amide bonds. The second-order valence-electron chi connectivity index (χ2n) is 6.93. The highest BCUT2D eigenvalue weighted by Crippen LogP contribution is 2.12. The van der Waals surface area contributed by atoms with Gasteiger partial charge in [-0.05, 0) is 27.7 Å². The molecule has 1 aromatic heterocycles. The van der Waals surface area contributed by atoms with E-state index in [1.807, 2.05) is 27.7 Å². The van der Waals surface area contributed by atoms with Crippen LogP contribution in [0, 0.1) is 6.92 Å². The largest absolute Gasteiger partial charge is 0.444 e. The summed E-state index contributed by atoms with van der Waals surface area (Å²) in [6, 6.07) is 0. The number of amides is 2. The van der Waals surface area contributed by atoms with E-state index in [9.17, 15) is 9.59 Å². The molecular weight excluding hydrogens is 310 g/mol. The number of hydrogen-bond donors (Lipinski definition) is 2. The molecule has 2 heterocycles. The van der Waals surface area contributed by atoms with Crippen molar-refractivity contribution in [3.8, 4) is 0 Å². The van der Waals surface area contributed by atoms with Gasteiger partial charge in [-0.3, -0.25) is 4.79 Å². The van der Waals surface area contributed by atoms with Gasteiger partial charge in [-0.25, -0.2) is 9.78 Å². The first-order chi connectivity index (χ1) is 11.3. The van der Waals surface area contributed by atoms with Gasteiger partial charge in [0.25, 0.3) is 0 Å². The Morgan fingerprint density at radius 3 is 2.42 bits per heavy atom. The molecule has 2 N–H and O–H groups in total. The number of ether oxygens (including phenoxy) is 1. The summed E-state index contributed by atoms with van der Waals surface area (Å²) in [4.78, 5) is 34.8. The minimum Gasteiger partial charge on any atom is -0.444 e. The lowest BCUT2D eigenvalue weighted by atomic mass is 10.2. The normalized spacial score (nSPS) is 15.5. The van der Waals surface area contributed by atoms with Crippen molar-refractivity contribution in [2.45, 2.75) is 39.8 Å². The smallest absolute Gasteiger partial charge is 0.410 e. The van der Waals surface area contributed by atoms with Crippen LogP contribution < -0.4 is 5.32 Å². The number of hydrogen-bond acceptors (Lipinski definition) is 5. The van der Waals surface area contributed by atoms with E-state index >= 15 is 0 Å². The first-order valence-electron chi connectivity index (χ1n) is 8.21. The first-order valence-corrected chi connectivity index (χ1v) is 8.21. The highest BCUT2D eigenvalue weighted by molar-refractivity contribution is 5.78. The average Bonchev–Trinajstić information content (AvgIpc) is 2.91. The summed E-state index contributed by atoms with van der Waals surface area (Å²) < 4.78 is 5.35. The second kappa shape index (κ2) is 7.65. The number of aryl methyl sites for hydroxylation is 1. The zero-order valence-electron chi connectivity index (χ0n) is 14.9. The second-order valence-corrected chi connectivity index (χ2v) is 6.93. The van der Waals surface area contributed by atoms with Gasteiger partial charge in [0.15, 0.2) is 0 Å². The lowest BCUT2D eigenvalue weighted by Gasteiger charge is -2.35.